The molecule has 1 aliphatic rings. The van der Waals surface area contributed by atoms with E-state index in [0.717, 1.165) is 5.56 Å². The van der Waals surface area contributed by atoms with Crippen LogP contribution in [0.1, 0.15) is 46.0 Å². The Morgan fingerprint density at radius 2 is 1.92 bits per heavy atom. The van der Waals surface area contributed by atoms with Crippen molar-refractivity contribution in [3.05, 3.63) is 82.4 Å². The molecule has 10 heteroatoms. The fraction of sp³-hybridized carbons (Fsp3) is 0.269. The number of hydrogen-bond donors (Lipinski definition) is 1. The Balaban J connectivity index is 1.42. The Hall–Kier alpha value is -4.21. The second-order valence-electron chi connectivity index (χ2n) is 8.98. The average molecular weight is 494 g/mol. The number of nitrogens with one attached hydrogen (secondary N) is 1. The molecule has 2 aromatic carbocycles. The lowest BCUT2D eigenvalue weighted by atomic mass is 9.98. The van der Waals surface area contributed by atoms with Gasteiger partial charge in [-0.3, -0.25) is 14.4 Å². The highest BCUT2D eigenvalue weighted by atomic mass is 19.1. The zero-order chi connectivity index (χ0) is 25.7. The van der Waals surface area contributed by atoms with Crippen molar-refractivity contribution in [1.82, 2.24) is 20.0 Å². The number of benzene rings is 2. The van der Waals surface area contributed by atoms with Crippen LogP contribution in [0.5, 0.6) is 0 Å². The van der Waals surface area contributed by atoms with E-state index >= 15 is 0 Å². The van der Waals surface area contributed by atoms with E-state index in [-0.39, 0.29) is 48.3 Å². The maximum atomic E-state index is 14.7. The summed E-state index contributed by atoms with van der Waals surface area (Å²) in [7, 11) is 3.32. The van der Waals surface area contributed by atoms with E-state index in [1.165, 1.54) is 27.8 Å². The summed E-state index contributed by atoms with van der Waals surface area (Å²) in [5.41, 5.74) is 2.76. The molecule has 5 rings (SSSR count). The summed E-state index contributed by atoms with van der Waals surface area (Å²) in [4.78, 5) is 29.2. The number of hydrogen-bond acceptors (Lipinski definition) is 4. The molecule has 36 heavy (non-hydrogen) atoms. The molecule has 0 saturated carbocycles. The first-order valence-corrected chi connectivity index (χ1v) is 11.5. The number of amides is 3. The zero-order valence-corrected chi connectivity index (χ0v) is 20.3. The highest BCUT2D eigenvalue weighted by molar-refractivity contribution is 5.99. The maximum Gasteiger partial charge on any atom is 0.325 e. The minimum atomic E-state index is -0.465. The lowest BCUT2D eigenvalue weighted by Crippen LogP contribution is -2.47. The number of nitrogens with zero attached hydrogens (tertiary/aromatic N) is 4. The Morgan fingerprint density at radius 1 is 1.14 bits per heavy atom. The quantitative estimate of drug-likeness (QED) is 0.432. The van der Waals surface area contributed by atoms with Crippen molar-refractivity contribution in [3.63, 3.8) is 0 Å². The lowest BCUT2D eigenvalue weighted by molar-refractivity contribution is 0.0948. The van der Waals surface area contributed by atoms with Crippen molar-refractivity contribution in [2.75, 3.05) is 11.9 Å². The molecule has 0 radical (unpaired) electrons. The molecular formula is C26H25F2N5O3. The van der Waals surface area contributed by atoms with Gasteiger partial charge in [-0.25, -0.2) is 13.6 Å². The Labute approximate surface area is 206 Å². The number of aromatic nitrogens is 2. The number of carbonyl (C=O) groups excluding carboxylic acids is 2. The molecule has 186 valence electrons. The van der Waals surface area contributed by atoms with Gasteiger partial charge >= 0.3 is 6.03 Å². The number of aryl methyl sites for hydroxylation is 2. The first-order chi connectivity index (χ1) is 17.1. The molecule has 1 unspecified atom stereocenters. The van der Waals surface area contributed by atoms with Gasteiger partial charge in [-0.05, 0) is 55.8 Å². The van der Waals surface area contributed by atoms with Crippen LogP contribution in [-0.2, 0) is 20.1 Å². The van der Waals surface area contributed by atoms with Gasteiger partial charge in [-0.1, -0.05) is 6.07 Å². The summed E-state index contributed by atoms with van der Waals surface area (Å²) < 4.78 is 35.2. The summed E-state index contributed by atoms with van der Waals surface area (Å²) in [6, 6.07) is 10.5. The molecule has 4 aromatic rings. The van der Waals surface area contributed by atoms with Gasteiger partial charge in [0.25, 0.3) is 5.91 Å². The van der Waals surface area contributed by atoms with Crippen molar-refractivity contribution < 1.29 is 22.8 Å². The monoisotopic (exact) mass is 493 g/mol. The number of furan rings is 1. The van der Waals surface area contributed by atoms with Gasteiger partial charge in [0.15, 0.2) is 5.82 Å². The third kappa shape index (κ3) is 3.98. The second-order valence-corrected chi connectivity index (χ2v) is 8.98. The summed E-state index contributed by atoms with van der Waals surface area (Å²) in [6.07, 6.45) is 0. The van der Waals surface area contributed by atoms with Gasteiger partial charge in [0, 0.05) is 25.0 Å². The minimum Gasteiger partial charge on any atom is -0.459 e. The number of anilines is 1. The van der Waals surface area contributed by atoms with Crippen LogP contribution in [0.4, 0.5) is 19.3 Å². The van der Waals surface area contributed by atoms with E-state index in [9.17, 15) is 18.4 Å². The van der Waals surface area contributed by atoms with E-state index in [1.807, 2.05) is 6.92 Å². The molecule has 0 fully saturated rings. The molecule has 0 bridgehead atoms. The molecule has 8 nitrogen and oxygen atoms in total. The topological polar surface area (TPSA) is 83.6 Å². The van der Waals surface area contributed by atoms with Crippen LogP contribution in [-0.4, -0.2) is 33.7 Å². The molecule has 3 amide bonds. The van der Waals surface area contributed by atoms with Crippen molar-refractivity contribution >= 4 is 28.6 Å². The molecule has 0 spiro atoms. The minimum absolute atomic E-state index is 0.0350. The lowest BCUT2D eigenvalue weighted by Gasteiger charge is -2.39. The van der Waals surface area contributed by atoms with Crippen LogP contribution >= 0.6 is 0 Å². The van der Waals surface area contributed by atoms with Crippen LogP contribution in [0.25, 0.3) is 11.0 Å². The van der Waals surface area contributed by atoms with Gasteiger partial charge in [0.05, 0.1) is 36.2 Å². The molecule has 0 aliphatic carbocycles. The van der Waals surface area contributed by atoms with E-state index in [0.29, 0.717) is 28.0 Å². The smallest absolute Gasteiger partial charge is 0.325 e. The second kappa shape index (κ2) is 8.78. The largest absolute Gasteiger partial charge is 0.459 e. The average Bonchev–Trinajstić information content (AvgIpc) is 3.37. The fourth-order valence-electron chi connectivity index (χ4n) is 4.52. The Morgan fingerprint density at radius 3 is 2.64 bits per heavy atom. The first-order valence-electron chi connectivity index (χ1n) is 11.5. The van der Waals surface area contributed by atoms with Crippen LogP contribution < -0.4 is 10.2 Å². The standard InChI is InChI=1S/C26H25F2N5O3/c1-14-24(28)22(32(4)30-14)13-33-21-11-16(5-7-20(21)15(2)31(3)26(33)35)25(34)29-12-19-10-17-9-18(27)6-8-23(17)36-19/h5-11,15H,12-13H2,1-4H3,(H,29,34). The number of carbonyl (C=O) groups is 2. The highest BCUT2D eigenvalue weighted by Crippen LogP contribution is 2.37. The Bertz CT molecular complexity index is 1510. The summed E-state index contributed by atoms with van der Waals surface area (Å²) >= 11 is 0. The normalized spacial score (nSPS) is 15.5. The van der Waals surface area contributed by atoms with Crippen molar-refractivity contribution in [3.8, 4) is 0 Å². The van der Waals surface area contributed by atoms with Crippen molar-refractivity contribution in [2.45, 2.75) is 33.0 Å². The number of halogens is 2. The van der Waals surface area contributed by atoms with E-state index in [1.54, 1.807) is 50.2 Å². The predicted octanol–water partition coefficient (Wildman–Crippen LogP) is 4.82. The molecule has 2 aromatic heterocycles. The molecule has 0 saturated heterocycles. The van der Waals surface area contributed by atoms with Gasteiger partial charge < -0.3 is 14.6 Å². The summed E-state index contributed by atoms with van der Waals surface area (Å²) in [5, 5.41) is 7.52. The SMILES string of the molecule is Cc1nn(C)c(CN2C(=O)N(C)C(C)c3ccc(C(=O)NCc4cc5cc(F)ccc5o4)cc32)c1F. The van der Waals surface area contributed by atoms with Crippen LogP contribution in [0.3, 0.4) is 0 Å². The first kappa shape index (κ1) is 23.5. The van der Waals surface area contributed by atoms with Crippen molar-refractivity contribution in [1.29, 1.82) is 0 Å². The molecule has 1 atom stereocenters. The third-order valence-corrected chi connectivity index (χ3v) is 6.67. The van der Waals surface area contributed by atoms with Crippen molar-refractivity contribution in [2.24, 2.45) is 7.05 Å². The molecule has 1 N–H and O–H groups in total. The summed E-state index contributed by atoms with van der Waals surface area (Å²) in [5.74, 6) is -0.720. The molecular weight excluding hydrogens is 468 g/mol. The third-order valence-electron chi connectivity index (χ3n) is 6.67. The highest BCUT2D eigenvalue weighted by Gasteiger charge is 2.35. The van der Waals surface area contributed by atoms with E-state index in [2.05, 4.69) is 10.4 Å². The van der Waals surface area contributed by atoms with Gasteiger partial charge in [0.1, 0.15) is 17.2 Å². The summed E-state index contributed by atoms with van der Waals surface area (Å²) in [6.45, 7) is 3.53. The van der Waals surface area contributed by atoms with Crippen LogP contribution in [0.2, 0.25) is 0 Å². The van der Waals surface area contributed by atoms with E-state index < -0.39 is 5.82 Å². The van der Waals surface area contributed by atoms with Crippen LogP contribution in [0.15, 0.2) is 46.9 Å². The molecule has 3 heterocycles. The van der Waals surface area contributed by atoms with Gasteiger partial charge in [-0.15, -0.1) is 0 Å². The Kier molecular flexibility index (Phi) is 5.74. The predicted molar refractivity (Wildman–Crippen MR) is 129 cm³/mol. The zero-order valence-electron chi connectivity index (χ0n) is 20.3. The van der Waals surface area contributed by atoms with Crippen LogP contribution in [0, 0.1) is 18.6 Å². The maximum absolute atomic E-state index is 14.7. The number of fused-ring (bicyclic) bond motifs is 2. The molecule has 1 aliphatic heterocycles. The van der Waals surface area contributed by atoms with Gasteiger partial charge in [0.2, 0.25) is 0 Å². The fourth-order valence-corrected chi connectivity index (χ4v) is 4.52. The number of rotatable bonds is 5. The number of urea groups is 1. The van der Waals surface area contributed by atoms with Gasteiger partial charge in [-0.2, -0.15) is 5.10 Å². The van der Waals surface area contributed by atoms with E-state index in [4.69, 9.17) is 4.42 Å².